The van der Waals surface area contributed by atoms with Gasteiger partial charge >= 0.3 is 0 Å². The van der Waals surface area contributed by atoms with Crippen LogP contribution in [0.25, 0.3) is 0 Å². The van der Waals surface area contributed by atoms with Crippen molar-refractivity contribution in [3.05, 3.63) is 60.5 Å². The standard InChI is InChI=1S/C24H31FN6O/c1-4-17(12-13-31(2)3)16-32-21-10-8-19(9-11-21)29-24-27-15-22(25)23(30-24)28-20-7-5-6-18(26)14-20/h5-11,14-15,17H,4,12-13,16,26H2,1-3H3,(H2,27,28,29,30). The maximum absolute atomic E-state index is 14.2. The van der Waals surface area contributed by atoms with Crippen molar-refractivity contribution in [1.82, 2.24) is 14.9 Å². The Morgan fingerprint density at radius 1 is 1.09 bits per heavy atom. The molecule has 1 heterocycles. The van der Waals surface area contributed by atoms with E-state index in [4.69, 9.17) is 10.5 Å². The van der Waals surface area contributed by atoms with Crippen LogP contribution < -0.4 is 21.1 Å². The Kier molecular flexibility index (Phi) is 8.21. The molecule has 0 spiro atoms. The van der Waals surface area contributed by atoms with Crippen molar-refractivity contribution in [2.45, 2.75) is 19.8 Å². The Balaban J connectivity index is 1.59. The first-order valence-corrected chi connectivity index (χ1v) is 10.7. The predicted molar refractivity (Wildman–Crippen MR) is 128 cm³/mol. The Bertz CT molecular complexity index is 996. The second-order valence-corrected chi connectivity index (χ2v) is 7.97. The van der Waals surface area contributed by atoms with Gasteiger partial charge in [-0.05, 0) is 75.4 Å². The highest BCUT2D eigenvalue weighted by molar-refractivity contribution is 5.63. The number of aromatic nitrogens is 2. The highest BCUT2D eigenvalue weighted by Gasteiger charge is 2.10. The molecule has 7 nitrogen and oxygen atoms in total. The van der Waals surface area contributed by atoms with Crippen molar-refractivity contribution in [2.24, 2.45) is 5.92 Å². The summed E-state index contributed by atoms with van der Waals surface area (Å²) in [5.74, 6) is 1.12. The van der Waals surface area contributed by atoms with Crippen LogP contribution in [0.3, 0.4) is 0 Å². The Morgan fingerprint density at radius 3 is 2.56 bits per heavy atom. The first kappa shape index (κ1) is 23.3. The lowest BCUT2D eigenvalue weighted by atomic mass is 10.0. The largest absolute Gasteiger partial charge is 0.493 e. The molecule has 8 heteroatoms. The van der Waals surface area contributed by atoms with E-state index in [9.17, 15) is 4.39 Å². The molecule has 32 heavy (non-hydrogen) atoms. The van der Waals surface area contributed by atoms with Crippen molar-refractivity contribution >= 4 is 28.8 Å². The van der Waals surface area contributed by atoms with Gasteiger partial charge in [0.2, 0.25) is 5.95 Å². The van der Waals surface area contributed by atoms with E-state index in [0.717, 1.165) is 37.0 Å². The molecule has 1 atom stereocenters. The SMILES string of the molecule is CCC(CCN(C)C)COc1ccc(Nc2ncc(F)c(Nc3cccc(N)c3)n2)cc1. The molecule has 0 fully saturated rings. The van der Waals surface area contributed by atoms with Crippen molar-refractivity contribution in [3.63, 3.8) is 0 Å². The van der Waals surface area contributed by atoms with Crippen molar-refractivity contribution in [3.8, 4) is 5.75 Å². The fourth-order valence-electron chi connectivity index (χ4n) is 3.09. The number of ether oxygens (including phenoxy) is 1. The van der Waals surface area contributed by atoms with Crippen molar-refractivity contribution < 1.29 is 9.13 Å². The number of anilines is 5. The third-order valence-corrected chi connectivity index (χ3v) is 5.05. The summed E-state index contributed by atoms with van der Waals surface area (Å²) < 4.78 is 20.1. The number of hydrogen-bond donors (Lipinski definition) is 3. The van der Waals surface area contributed by atoms with Crippen LogP contribution in [0.15, 0.2) is 54.7 Å². The van der Waals surface area contributed by atoms with Crippen molar-refractivity contribution in [1.29, 1.82) is 0 Å². The minimum atomic E-state index is -0.554. The van der Waals surface area contributed by atoms with Gasteiger partial charge in [-0.2, -0.15) is 4.98 Å². The molecule has 0 saturated carbocycles. The summed E-state index contributed by atoms with van der Waals surface area (Å²) in [7, 11) is 4.17. The van der Waals surface area contributed by atoms with Crippen LogP contribution >= 0.6 is 0 Å². The topological polar surface area (TPSA) is 88.3 Å². The molecule has 1 aromatic heterocycles. The first-order chi connectivity index (χ1) is 15.4. The van der Waals surface area contributed by atoms with Gasteiger partial charge in [-0.3, -0.25) is 0 Å². The smallest absolute Gasteiger partial charge is 0.229 e. The van der Waals surface area contributed by atoms with Gasteiger partial charge in [0, 0.05) is 17.1 Å². The van der Waals surface area contributed by atoms with Crippen LogP contribution in [-0.4, -0.2) is 42.1 Å². The minimum absolute atomic E-state index is 0.0661. The quantitative estimate of drug-likeness (QED) is 0.361. The lowest BCUT2D eigenvalue weighted by Crippen LogP contribution is -2.20. The van der Waals surface area contributed by atoms with Gasteiger partial charge < -0.3 is 26.0 Å². The van der Waals surface area contributed by atoms with Gasteiger partial charge in [-0.1, -0.05) is 19.4 Å². The monoisotopic (exact) mass is 438 g/mol. The lowest BCUT2D eigenvalue weighted by Gasteiger charge is -2.18. The molecule has 1 unspecified atom stereocenters. The summed E-state index contributed by atoms with van der Waals surface area (Å²) in [6, 6.07) is 14.6. The van der Waals surface area contributed by atoms with Gasteiger partial charge in [0.1, 0.15) is 5.75 Å². The summed E-state index contributed by atoms with van der Waals surface area (Å²) in [5, 5.41) is 6.02. The van der Waals surface area contributed by atoms with Gasteiger partial charge in [-0.15, -0.1) is 0 Å². The fourth-order valence-corrected chi connectivity index (χ4v) is 3.09. The number of nitrogens with zero attached hydrogens (tertiary/aromatic N) is 3. The molecule has 0 radical (unpaired) electrons. The molecule has 0 saturated heterocycles. The highest BCUT2D eigenvalue weighted by Crippen LogP contribution is 2.23. The van der Waals surface area contributed by atoms with Gasteiger partial charge in [0.25, 0.3) is 0 Å². The lowest BCUT2D eigenvalue weighted by molar-refractivity contribution is 0.221. The summed E-state index contributed by atoms with van der Waals surface area (Å²) in [4.78, 5) is 10.5. The van der Waals surface area contributed by atoms with Crippen LogP contribution in [0.2, 0.25) is 0 Å². The zero-order valence-corrected chi connectivity index (χ0v) is 18.8. The number of nitrogen functional groups attached to an aromatic ring is 1. The molecule has 0 bridgehead atoms. The first-order valence-electron chi connectivity index (χ1n) is 10.7. The zero-order chi connectivity index (χ0) is 22.9. The zero-order valence-electron chi connectivity index (χ0n) is 18.8. The van der Waals surface area contributed by atoms with E-state index < -0.39 is 5.82 Å². The Labute approximate surface area is 188 Å². The number of rotatable bonds is 11. The number of benzene rings is 2. The third-order valence-electron chi connectivity index (χ3n) is 5.05. The molecule has 0 aliphatic carbocycles. The highest BCUT2D eigenvalue weighted by atomic mass is 19.1. The van der Waals surface area contributed by atoms with Gasteiger partial charge in [-0.25, -0.2) is 9.37 Å². The Hall–Kier alpha value is -3.39. The summed E-state index contributed by atoms with van der Waals surface area (Å²) in [5.41, 5.74) is 7.77. The molecular formula is C24H31FN6O. The number of nitrogens with two attached hydrogens (primary N) is 1. The van der Waals surface area contributed by atoms with Crippen LogP contribution in [-0.2, 0) is 0 Å². The molecule has 0 amide bonds. The second-order valence-electron chi connectivity index (χ2n) is 7.97. The number of halogens is 1. The van der Waals surface area contributed by atoms with E-state index >= 15 is 0 Å². The molecule has 170 valence electrons. The summed E-state index contributed by atoms with van der Waals surface area (Å²) in [6.07, 6.45) is 3.32. The molecular weight excluding hydrogens is 407 g/mol. The van der Waals surface area contributed by atoms with E-state index in [1.54, 1.807) is 24.3 Å². The van der Waals surface area contributed by atoms with Crippen LogP contribution in [0, 0.1) is 11.7 Å². The van der Waals surface area contributed by atoms with Crippen LogP contribution in [0.1, 0.15) is 19.8 Å². The van der Waals surface area contributed by atoms with Gasteiger partial charge in [0.05, 0.1) is 12.8 Å². The van der Waals surface area contributed by atoms with Crippen molar-refractivity contribution in [2.75, 3.05) is 43.6 Å². The summed E-state index contributed by atoms with van der Waals surface area (Å²) >= 11 is 0. The van der Waals surface area contributed by atoms with E-state index in [2.05, 4.69) is 46.5 Å². The molecule has 2 aromatic carbocycles. The second kappa shape index (κ2) is 11.3. The number of hydrogen-bond acceptors (Lipinski definition) is 7. The molecule has 0 aliphatic heterocycles. The van der Waals surface area contributed by atoms with E-state index in [1.807, 2.05) is 24.3 Å². The normalized spacial score (nSPS) is 11.9. The van der Waals surface area contributed by atoms with E-state index in [1.165, 1.54) is 0 Å². The summed E-state index contributed by atoms with van der Waals surface area (Å²) in [6.45, 7) is 3.93. The molecule has 3 aromatic rings. The molecule has 3 rings (SSSR count). The third kappa shape index (κ3) is 7.09. The maximum Gasteiger partial charge on any atom is 0.229 e. The average Bonchev–Trinajstić information content (AvgIpc) is 2.77. The fraction of sp³-hybridized carbons (Fsp3) is 0.333. The number of nitrogens with one attached hydrogen (secondary N) is 2. The Morgan fingerprint density at radius 2 is 1.88 bits per heavy atom. The molecule has 0 aliphatic rings. The van der Waals surface area contributed by atoms with Crippen LogP contribution in [0.4, 0.5) is 33.2 Å². The van der Waals surface area contributed by atoms with E-state index in [0.29, 0.717) is 23.9 Å². The molecule has 4 N–H and O–H groups in total. The van der Waals surface area contributed by atoms with Gasteiger partial charge in [0.15, 0.2) is 11.6 Å². The van der Waals surface area contributed by atoms with E-state index in [-0.39, 0.29) is 11.8 Å². The predicted octanol–water partition coefficient (Wildman–Crippen LogP) is 5.04. The average molecular weight is 439 g/mol. The minimum Gasteiger partial charge on any atom is -0.493 e. The maximum atomic E-state index is 14.2. The van der Waals surface area contributed by atoms with Crippen LogP contribution in [0.5, 0.6) is 5.75 Å².